The van der Waals surface area contributed by atoms with Crippen molar-refractivity contribution in [1.29, 1.82) is 0 Å². The van der Waals surface area contributed by atoms with Gasteiger partial charge in [-0.2, -0.15) is 5.10 Å². The van der Waals surface area contributed by atoms with Crippen molar-refractivity contribution in [3.8, 4) is 5.75 Å². The van der Waals surface area contributed by atoms with Gasteiger partial charge < -0.3 is 15.0 Å². The maximum absolute atomic E-state index is 12.6. The molecular weight excluding hydrogens is 466 g/mol. The lowest BCUT2D eigenvalue weighted by Crippen LogP contribution is -2.46. The van der Waals surface area contributed by atoms with Gasteiger partial charge in [-0.3, -0.25) is 14.5 Å². The highest BCUT2D eigenvalue weighted by atomic mass is 16.5. The zero-order chi connectivity index (χ0) is 26.2. The van der Waals surface area contributed by atoms with Crippen LogP contribution in [-0.4, -0.2) is 55.7 Å². The third kappa shape index (κ3) is 6.95. The predicted octanol–water partition coefficient (Wildman–Crippen LogP) is 4.13. The Labute approximate surface area is 217 Å². The molecule has 1 fully saturated rings. The third-order valence-electron chi connectivity index (χ3n) is 6.35. The molecule has 8 nitrogen and oxygen atoms in total. The first-order valence-electron chi connectivity index (χ1n) is 12.3. The molecule has 4 rings (SSSR count). The molecule has 0 saturated carbocycles. The van der Waals surface area contributed by atoms with Crippen LogP contribution in [0.5, 0.6) is 5.75 Å². The number of carbonyl (C=O) groups excluding carboxylic acids is 2. The van der Waals surface area contributed by atoms with Crippen molar-refractivity contribution in [3.05, 3.63) is 89.5 Å². The van der Waals surface area contributed by atoms with E-state index in [1.54, 1.807) is 13.2 Å². The molecule has 2 amide bonds. The number of nitrogens with one attached hydrogen (secondary N) is 2. The summed E-state index contributed by atoms with van der Waals surface area (Å²) in [4.78, 5) is 28.7. The van der Waals surface area contributed by atoms with Crippen molar-refractivity contribution in [1.82, 2.24) is 10.3 Å². The summed E-state index contributed by atoms with van der Waals surface area (Å²) in [6.07, 6.45) is 0. The van der Waals surface area contributed by atoms with Crippen LogP contribution in [0, 0.1) is 0 Å². The first kappa shape index (κ1) is 25.9. The number of hydrogen-bond donors (Lipinski definition) is 2. The van der Waals surface area contributed by atoms with E-state index in [2.05, 4.69) is 31.7 Å². The van der Waals surface area contributed by atoms with E-state index in [9.17, 15) is 9.59 Å². The molecule has 0 bridgehead atoms. The summed E-state index contributed by atoms with van der Waals surface area (Å²) in [7, 11) is 1.71. The Morgan fingerprint density at radius 3 is 2.32 bits per heavy atom. The zero-order valence-corrected chi connectivity index (χ0v) is 21.5. The summed E-state index contributed by atoms with van der Waals surface area (Å²) >= 11 is 0. The molecule has 1 heterocycles. The highest BCUT2D eigenvalue weighted by Gasteiger charge is 2.19. The number of para-hydroxylation sites is 2. The second-order valence-electron chi connectivity index (χ2n) is 9.03. The Bertz CT molecular complexity index is 1260. The normalized spacial score (nSPS) is 14.2. The molecule has 0 radical (unpaired) electrons. The summed E-state index contributed by atoms with van der Waals surface area (Å²) < 4.78 is 5.51. The van der Waals surface area contributed by atoms with E-state index in [0.29, 0.717) is 17.0 Å². The average molecular weight is 500 g/mol. The lowest BCUT2D eigenvalue weighted by molar-refractivity contribution is -0.114. The van der Waals surface area contributed by atoms with Crippen LogP contribution in [0.2, 0.25) is 0 Å². The molecule has 3 aromatic rings. The van der Waals surface area contributed by atoms with E-state index in [1.165, 1.54) is 6.92 Å². The highest BCUT2D eigenvalue weighted by molar-refractivity contribution is 6.02. The van der Waals surface area contributed by atoms with Gasteiger partial charge in [0.15, 0.2) is 0 Å². The molecule has 1 saturated heterocycles. The smallest absolute Gasteiger partial charge is 0.271 e. The number of methoxy groups -OCH3 is 1. The molecule has 1 aliphatic heterocycles. The third-order valence-corrected chi connectivity index (χ3v) is 6.35. The topological polar surface area (TPSA) is 86.3 Å². The van der Waals surface area contributed by atoms with E-state index in [0.717, 1.165) is 55.3 Å². The van der Waals surface area contributed by atoms with E-state index < -0.39 is 0 Å². The molecule has 0 aromatic heterocycles. The Morgan fingerprint density at radius 2 is 1.62 bits per heavy atom. The summed E-state index contributed by atoms with van der Waals surface area (Å²) in [6.45, 7) is 7.89. The summed E-state index contributed by atoms with van der Waals surface area (Å²) in [6, 6.07) is 23.1. The van der Waals surface area contributed by atoms with Crippen LogP contribution in [-0.2, 0) is 11.3 Å². The van der Waals surface area contributed by atoms with Gasteiger partial charge in [-0.05, 0) is 54.4 Å². The molecule has 0 atom stereocenters. The number of hydrazone groups is 1. The first-order valence-corrected chi connectivity index (χ1v) is 12.3. The monoisotopic (exact) mass is 499 g/mol. The molecule has 0 spiro atoms. The Hall–Kier alpha value is -4.17. The molecule has 0 unspecified atom stereocenters. The minimum atomic E-state index is -0.269. The SMILES string of the molecule is COc1ccccc1N1CCN(Cc2ccc(C(=O)N/N=C(/C)c3cccc(NC(C)=O)c3)cc2)CC1. The number of hydrogen-bond acceptors (Lipinski definition) is 6. The summed E-state index contributed by atoms with van der Waals surface area (Å²) in [5.74, 6) is 0.496. The van der Waals surface area contributed by atoms with Crippen molar-refractivity contribution >= 4 is 28.9 Å². The van der Waals surface area contributed by atoms with Crippen molar-refractivity contribution in [2.75, 3.05) is 43.5 Å². The van der Waals surface area contributed by atoms with Crippen molar-refractivity contribution < 1.29 is 14.3 Å². The molecule has 192 valence electrons. The van der Waals surface area contributed by atoms with Crippen LogP contribution in [0.15, 0.2) is 77.9 Å². The maximum Gasteiger partial charge on any atom is 0.271 e. The standard InChI is InChI=1S/C29H33N5O3/c1-21(25-7-6-8-26(19-25)30-22(2)35)31-32-29(36)24-13-11-23(12-14-24)20-33-15-17-34(18-16-33)27-9-4-5-10-28(27)37-3/h4-14,19H,15-18,20H2,1-3H3,(H,30,35)(H,32,36)/b31-21-. The van der Waals surface area contributed by atoms with Crippen LogP contribution in [0.1, 0.15) is 35.3 Å². The number of amides is 2. The minimum Gasteiger partial charge on any atom is -0.495 e. The lowest BCUT2D eigenvalue weighted by atomic mass is 10.1. The second-order valence-corrected chi connectivity index (χ2v) is 9.03. The van der Waals surface area contributed by atoms with Crippen LogP contribution >= 0.6 is 0 Å². The van der Waals surface area contributed by atoms with E-state index >= 15 is 0 Å². The van der Waals surface area contributed by atoms with E-state index in [1.807, 2.05) is 67.6 Å². The molecule has 1 aliphatic rings. The Kier molecular flexibility index (Phi) is 8.53. The van der Waals surface area contributed by atoms with Gasteiger partial charge in [0.1, 0.15) is 5.75 Å². The molecular formula is C29H33N5O3. The van der Waals surface area contributed by atoms with Crippen LogP contribution in [0.4, 0.5) is 11.4 Å². The van der Waals surface area contributed by atoms with Gasteiger partial charge in [-0.15, -0.1) is 0 Å². The van der Waals surface area contributed by atoms with Gasteiger partial charge in [0.25, 0.3) is 5.91 Å². The van der Waals surface area contributed by atoms with E-state index in [-0.39, 0.29) is 11.8 Å². The van der Waals surface area contributed by atoms with Gasteiger partial charge in [0.05, 0.1) is 18.5 Å². The summed E-state index contributed by atoms with van der Waals surface area (Å²) in [5.41, 5.74) is 7.61. The number of nitrogens with zero attached hydrogens (tertiary/aromatic N) is 3. The highest BCUT2D eigenvalue weighted by Crippen LogP contribution is 2.28. The van der Waals surface area contributed by atoms with Gasteiger partial charge >= 0.3 is 0 Å². The number of anilines is 2. The maximum atomic E-state index is 12.6. The van der Waals surface area contributed by atoms with Crippen molar-refractivity contribution in [2.24, 2.45) is 5.10 Å². The number of rotatable bonds is 8. The molecule has 8 heteroatoms. The van der Waals surface area contributed by atoms with Gasteiger partial charge in [0, 0.05) is 50.9 Å². The largest absolute Gasteiger partial charge is 0.495 e. The van der Waals surface area contributed by atoms with Gasteiger partial charge in [-0.25, -0.2) is 5.43 Å². The van der Waals surface area contributed by atoms with E-state index in [4.69, 9.17) is 4.74 Å². The van der Waals surface area contributed by atoms with Crippen molar-refractivity contribution in [3.63, 3.8) is 0 Å². The number of ether oxygens (including phenoxy) is 1. The predicted molar refractivity (Wildman–Crippen MR) is 147 cm³/mol. The van der Waals surface area contributed by atoms with Gasteiger partial charge in [0.2, 0.25) is 5.91 Å². The first-order chi connectivity index (χ1) is 17.9. The quantitative estimate of drug-likeness (QED) is 0.360. The molecule has 0 aliphatic carbocycles. The Balaban J connectivity index is 1.29. The minimum absolute atomic E-state index is 0.140. The zero-order valence-electron chi connectivity index (χ0n) is 21.5. The number of piperazine rings is 1. The molecule has 3 aromatic carbocycles. The summed E-state index contributed by atoms with van der Waals surface area (Å²) in [5, 5.41) is 6.98. The van der Waals surface area contributed by atoms with Crippen LogP contribution < -0.4 is 20.4 Å². The fourth-order valence-corrected chi connectivity index (χ4v) is 4.35. The van der Waals surface area contributed by atoms with Crippen LogP contribution in [0.25, 0.3) is 0 Å². The second kappa shape index (κ2) is 12.2. The Morgan fingerprint density at radius 1 is 0.892 bits per heavy atom. The average Bonchev–Trinajstić information content (AvgIpc) is 2.92. The number of benzene rings is 3. The fourth-order valence-electron chi connectivity index (χ4n) is 4.35. The lowest BCUT2D eigenvalue weighted by Gasteiger charge is -2.36. The van der Waals surface area contributed by atoms with Gasteiger partial charge in [-0.1, -0.05) is 36.4 Å². The molecule has 2 N–H and O–H groups in total. The number of carbonyl (C=O) groups is 2. The van der Waals surface area contributed by atoms with Crippen molar-refractivity contribution in [2.45, 2.75) is 20.4 Å². The fraction of sp³-hybridized carbons (Fsp3) is 0.276. The molecule has 37 heavy (non-hydrogen) atoms. The van der Waals surface area contributed by atoms with Crippen LogP contribution in [0.3, 0.4) is 0 Å².